The Hall–Kier alpha value is 0.668. The molecule has 5 N–H and O–H groups in total. The lowest BCUT2D eigenvalue weighted by Gasteiger charge is -2.41. The molecule has 9 heteroatoms. The van der Waals surface area contributed by atoms with Crippen LogP contribution in [0.1, 0.15) is 0 Å². The predicted molar refractivity (Wildman–Crippen MR) is 38.3 cm³/mol. The summed E-state index contributed by atoms with van der Waals surface area (Å²) in [5.74, 6) is 0. The number of hydrogen-bond acceptors (Lipinski definition) is 5. The Morgan fingerprint density at radius 1 is 1.11 bits per heavy atom. The largest absolute Gasteiger partial charge is 0.436 e. The van der Waals surface area contributed by atoms with Gasteiger partial charge in [0.05, 0.1) is 0 Å². The van der Waals surface area contributed by atoms with Crippen molar-refractivity contribution in [1.29, 1.82) is 0 Å². The fraction of sp³-hybridized carbons (Fsp3) is 0. The van der Waals surface area contributed by atoms with Gasteiger partial charge in [-0.15, -0.1) is 0 Å². The molecule has 0 aromatic rings. The van der Waals surface area contributed by atoms with E-state index in [1.165, 1.54) is 0 Å². The van der Waals surface area contributed by atoms with Gasteiger partial charge in [-0.3, -0.25) is 0 Å². The van der Waals surface area contributed by atoms with Gasteiger partial charge in [0, 0.05) is 0 Å². The molecule has 1 fully saturated rings. The van der Waals surface area contributed by atoms with Crippen LogP contribution in [-0.2, 0) is 0 Å². The summed E-state index contributed by atoms with van der Waals surface area (Å²) in [5.41, 5.74) is 0. The lowest BCUT2D eigenvalue weighted by Crippen LogP contribution is -2.90. The van der Waals surface area contributed by atoms with Crippen molar-refractivity contribution in [2.45, 2.75) is 0 Å². The van der Waals surface area contributed by atoms with Crippen LogP contribution in [-0.4, -0.2) is 55.8 Å². The van der Waals surface area contributed by atoms with Gasteiger partial charge >= 0.3 is 15.2 Å². The van der Waals surface area contributed by atoms with Gasteiger partial charge in [0.1, 0.15) is 8.55 Å². The maximum Gasteiger partial charge on any atom is 0.376 e. The molecule has 0 amide bonds. The Morgan fingerprint density at radius 3 is 1.56 bits per heavy atom. The Kier molecular flexibility index (Phi) is 1.58. The van der Waals surface area contributed by atoms with E-state index in [1.54, 1.807) is 0 Å². The van der Waals surface area contributed by atoms with E-state index in [0.29, 0.717) is 0 Å². The molecule has 1 heterocycles. The van der Waals surface area contributed by atoms with Gasteiger partial charge < -0.3 is 24.0 Å². The molecule has 9 heavy (non-hydrogen) atoms. The van der Waals surface area contributed by atoms with E-state index in [4.69, 9.17) is 24.0 Å². The van der Waals surface area contributed by atoms with Crippen LogP contribution in [0.2, 0.25) is 0 Å². The van der Waals surface area contributed by atoms with E-state index in [0.717, 1.165) is 0 Å². The van der Waals surface area contributed by atoms with Gasteiger partial charge in [-0.1, -0.05) is 0 Å². The standard InChI is InChI=1S/H8O5Si4/c1-7-6-8(2,3)9(7,4)5/h1-5,7H,6H2. The van der Waals surface area contributed by atoms with Gasteiger partial charge in [-0.2, -0.15) is 0 Å². The Labute approximate surface area is 56.4 Å². The van der Waals surface area contributed by atoms with Crippen molar-refractivity contribution < 1.29 is 24.0 Å². The average molecular weight is 200 g/mol. The second kappa shape index (κ2) is 1.83. The second-order valence-corrected chi connectivity index (χ2v) is 32.3. The minimum atomic E-state index is -3.78. The van der Waals surface area contributed by atoms with Crippen molar-refractivity contribution in [2.75, 3.05) is 0 Å². The first-order chi connectivity index (χ1) is 3.88. The van der Waals surface area contributed by atoms with Crippen molar-refractivity contribution in [3.8, 4) is 0 Å². The van der Waals surface area contributed by atoms with Gasteiger partial charge in [0.2, 0.25) is 8.08 Å². The summed E-state index contributed by atoms with van der Waals surface area (Å²) < 4.78 is 0. The van der Waals surface area contributed by atoms with Crippen molar-refractivity contribution in [3.63, 3.8) is 0 Å². The molecular weight excluding hydrogens is 192 g/mol. The van der Waals surface area contributed by atoms with Gasteiger partial charge in [-0.05, 0) is 0 Å². The van der Waals surface area contributed by atoms with Crippen LogP contribution in [0.5, 0.6) is 0 Å². The zero-order valence-electron chi connectivity index (χ0n) is 4.52. The third-order valence-corrected chi connectivity index (χ3v) is 57.7. The highest BCUT2D eigenvalue weighted by molar-refractivity contribution is 7.94. The summed E-state index contributed by atoms with van der Waals surface area (Å²) in [6.07, 6.45) is 0. The maximum atomic E-state index is 8.81. The van der Waals surface area contributed by atoms with Crippen molar-refractivity contribution in [2.24, 2.45) is 0 Å². The smallest absolute Gasteiger partial charge is 0.376 e. The lowest BCUT2D eigenvalue weighted by atomic mass is 15.8. The summed E-state index contributed by atoms with van der Waals surface area (Å²) in [6.45, 7) is 0. The quantitative estimate of drug-likeness (QED) is 0.252. The highest BCUT2D eigenvalue weighted by atomic mass is 30.2. The molecule has 0 bridgehead atoms. The fourth-order valence-corrected chi connectivity index (χ4v) is 49.0. The first-order valence-corrected chi connectivity index (χ1v) is 15.2. The van der Waals surface area contributed by atoms with Gasteiger partial charge in [-0.25, -0.2) is 0 Å². The van der Waals surface area contributed by atoms with Crippen LogP contribution >= 0.6 is 0 Å². The molecule has 54 valence electrons. The average Bonchev–Trinajstić information content (AvgIpc) is 1.65. The fourth-order valence-electron chi connectivity index (χ4n) is 0.698. The van der Waals surface area contributed by atoms with E-state index in [9.17, 15) is 0 Å². The van der Waals surface area contributed by atoms with Crippen LogP contribution in [0, 0.1) is 0 Å². The number of hydrogen-bond donors (Lipinski definition) is 5. The molecule has 1 aliphatic rings. The normalized spacial score (nSPS) is 40.3. The third kappa shape index (κ3) is 0.902. The summed E-state index contributed by atoms with van der Waals surface area (Å²) >= 11 is 0. The van der Waals surface area contributed by atoms with E-state index in [2.05, 4.69) is 0 Å². The molecule has 1 rings (SSSR count). The van der Waals surface area contributed by atoms with Crippen LogP contribution in [0.4, 0.5) is 0 Å². The summed E-state index contributed by atoms with van der Waals surface area (Å²) in [7, 11) is -10.9. The van der Waals surface area contributed by atoms with E-state index in [1.807, 2.05) is 0 Å². The van der Waals surface area contributed by atoms with Crippen LogP contribution in [0.15, 0.2) is 0 Å². The molecule has 1 atom stereocenters. The minimum absolute atomic E-state index is 1.24. The molecular formula is H8O5Si4. The zero-order valence-corrected chi connectivity index (χ0v) is 9.09. The monoisotopic (exact) mass is 200 g/mol. The molecule has 5 nitrogen and oxygen atoms in total. The SMILES string of the molecule is O[SiH]1[SiH2][Si](O)(O)[Si]1(O)O. The zero-order chi connectivity index (χ0) is 7.28. The molecule has 1 unspecified atom stereocenters. The Balaban J connectivity index is 2.70. The van der Waals surface area contributed by atoms with E-state index >= 15 is 0 Å². The van der Waals surface area contributed by atoms with Crippen LogP contribution in [0.25, 0.3) is 0 Å². The lowest BCUT2D eigenvalue weighted by molar-refractivity contribution is 0.336. The molecule has 0 saturated carbocycles. The van der Waals surface area contributed by atoms with E-state index in [-0.39, 0.29) is 0 Å². The predicted octanol–water partition coefficient (Wildman–Crippen LogP) is -5.11. The summed E-state index contributed by atoms with van der Waals surface area (Å²) in [5, 5.41) is 0. The molecule has 1 aliphatic heterocycles. The van der Waals surface area contributed by atoms with Crippen LogP contribution < -0.4 is 0 Å². The van der Waals surface area contributed by atoms with Gasteiger partial charge in [0.25, 0.3) is 0 Å². The first kappa shape index (κ1) is 7.77. The second-order valence-electron chi connectivity index (χ2n) is 2.26. The molecule has 0 aromatic heterocycles. The molecule has 0 spiro atoms. The molecule has 0 aromatic carbocycles. The molecule has 0 radical (unpaired) electrons. The van der Waals surface area contributed by atoms with Crippen molar-refractivity contribution in [1.82, 2.24) is 0 Å². The summed E-state index contributed by atoms with van der Waals surface area (Å²) in [4.78, 5) is 44.0. The Bertz CT molecular complexity index is 129. The van der Waals surface area contributed by atoms with Crippen molar-refractivity contribution >= 4 is 31.8 Å². The summed E-state index contributed by atoms with van der Waals surface area (Å²) in [6, 6.07) is 0. The molecule has 0 aliphatic carbocycles. The van der Waals surface area contributed by atoms with E-state index < -0.39 is 31.8 Å². The highest BCUT2D eigenvalue weighted by Gasteiger charge is 2.72. The highest BCUT2D eigenvalue weighted by Crippen LogP contribution is 2.18. The van der Waals surface area contributed by atoms with Gasteiger partial charge in [0.15, 0.2) is 0 Å². The Morgan fingerprint density at radius 2 is 1.56 bits per heavy atom. The number of rotatable bonds is 0. The third-order valence-electron chi connectivity index (χ3n) is 1.53. The van der Waals surface area contributed by atoms with Crippen molar-refractivity contribution in [3.05, 3.63) is 0 Å². The van der Waals surface area contributed by atoms with Crippen LogP contribution in [0.3, 0.4) is 0 Å². The maximum absolute atomic E-state index is 8.81. The minimum Gasteiger partial charge on any atom is -0.436 e. The molecule has 1 saturated heterocycles. The topological polar surface area (TPSA) is 101 Å². The first-order valence-electron chi connectivity index (χ1n) is 2.45.